The first-order valence-corrected chi connectivity index (χ1v) is 11.2. The molecule has 9 heteroatoms. The number of hydrogen-bond acceptors (Lipinski definition) is 4. The van der Waals surface area contributed by atoms with Crippen LogP contribution >= 0.6 is 11.6 Å². The second kappa shape index (κ2) is 9.13. The zero-order chi connectivity index (χ0) is 20.9. The maximum atomic E-state index is 12.8. The topological polar surface area (TPSA) is 99.1 Å². The van der Waals surface area contributed by atoms with E-state index >= 15 is 0 Å². The van der Waals surface area contributed by atoms with Gasteiger partial charge in [-0.25, -0.2) is 0 Å². The molecule has 0 radical (unpaired) electrons. The van der Waals surface area contributed by atoms with Gasteiger partial charge in [0, 0.05) is 26.2 Å². The molecule has 1 aliphatic rings. The minimum absolute atomic E-state index is 0.0127. The summed E-state index contributed by atoms with van der Waals surface area (Å²) in [5.41, 5.74) is 0.979. The predicted molar refractivity (Wildman–Crippen MR) is 110 cm³/mol. The zero-order valence-electron chi connectivity index (χ0n) is 16.5. The van der Waals surface area contributed by atoms with Gasteiger partial charge in [-0.1, -0.05) is 26.2 Å². The number of halogens is 1. The van der Waals surface area contributed by atoms with Gasteiger partial charge in [0.05, 0.1) is 0 Å². The van der Waals surface area contributed by atoms with E-state index in [1.165, 1.54) is 17.3 Å². The lowest BCUT2D eigenvalue weighted by atomic mass is 9.71. The largest absolute Gasteiger partial charge is 0.506 e. The maximum absolute atomic E-state index is 12.8. The van der Waals surface area contributed by atoms with Gasteiger partial charge in [0.25, 0.3) is 10.0 Å². The Balaban J connectivity index is 2.56. The Labute approximate surface area is 171 Å². The van der Waals surface area contributed by atoms with E-state index in [0.717, 1.165) is 37.7 Å². The summed E-state index contributed by atoms with van der Waals surface area (Å²) in [7, 11) is -0.785. The third kappa shape index (κ3) is 5.38. The molecule has 2 N–H and O–H groups in total. The van der Waals surface area contributed by atoms with E-state index in [4.69, 9.17) is 11.6 Å². The molecule has 0 spiro atoms. The van der Waals surface area contributed by atoms with E-state index in [0.29, 0.717) is 5.56 Å². The highest BCUT2D eigenvalue weighted by Crippen LogP contribution is 2.42. The number of rotatable bonds is 7. The van der Waals surface area contributed by atoms with Gasteiger partial charge >= 0.3 is 0 Å². The second-order valence-electron chi connectivity index (χ2n) is 7.67. The summed E-state index contributed by atoms with van der Waals surface area (Å²) in [6, 6.07) is 3.31. The van der Waals surface area contributed by atoms with Crippen molar-refractivity contribution in [2.75, 3.05) is 20.0 Å². The van der Waals surface area contributed by atoms with E-state index < -0.39 is 21.7 Å². The van der Waals surface area contributed by atoms with Crippen LogP contribution in [-0.4, -0.2) is 50.6 Å². The molecule has 1 fully saturated rings. The normalized spacial score (nSPS) is 16.9. The van der Waals surface area contributed by atoms with Crippen molar-refractivity contribution in [2.24, 2.45) is 4.40 Å². The van der Waals surface area contributed by atoms with Gasteiger partial charge in [0.1, 0.15) is 22.9 Å². The minimum atomic E-state index is -4.10. The van der Waals surface area contributed by atoms with Crippen molar-refractivity contribution < 1.29 is 18.3 Å². The van der Waals surface area contributed by atoms with Crippen molar-refractivity contribution in [3.8, 4) is 5.75 Å². The molecule has 0 aliphatic heterocycles. The van der Waals surface area contributed by atoms with Gasteiger partial charge in [0.15, 0.2) is 0 Å². The van der Waals surface area contributed by atoms with Crippen molar-refractivity contribution in [3.63, 3.8) is 0 Å². The molecule has 0 atom stereocenters. The highest BCUT2D eigenvalue weighted by molar-refractivity contribution is 7.90. The Hall–Kier alpha value is -1.80. The average Bonchev–Trinajstić information content (AvgIpc) is 2.65. The highest BCUT2D eigenvalue weighted by Gasteiger charge is 2.32. The standard InChI is InChI=1S/C19H28ClN3O4S/c1-19(7-5-4-6-8-19)15-9-14(12-21-17(24)11-20)18(25)16(10-15)28(26,27)22-13-23(2)3/h9-10,13,25H,4-8,11-12H2,1-3H3,(H,21,24)/b22-13+. The first-order valence-electron chi connectivity index (χ1n) is 9.25. The molecule has 28 heavy (non-hydrogen) atoms. The molecule has 1 aliphatic carbocycles. The number of aromatic hydroxyl groups is 1. The molecule has 1 saturated carbocycles. The van der Waals surface area contributed by atoms with Crippen molar-refractivity contribution in [1.29, 1.82) is 0 Å². The van der Waals surface area contributed by atoms with Crippen LogP contribution < -0.4 is 5.32 Å². The van der Waals surface area contributed by atoms with Gasteiger partial charge in [-0.05, 0) is 36.0 Å². The van der Waals surface area contributed by atoms with Crippen LogP contribution in [0.3, 0.4) is 0 Å². The number of alkyl halides is 1. The van der Waals surface area contributed by atoms with Crippen LogP contribution in [0.15, 0.2) is 21.4 Å². The zero-order valence-corrected chi connectivity index (χ0v) is 18.1. The second-order valence-corrected chi connectivity index (χ2v) is 9.54. The number of hydrogen-bond donors (Lipinski definition) is 2. The lowest BCUT2D eigenvalue weighted by molar-refractivity contribution is -0.118. The van der Waals surface area contributed by atoms with Crippen molar-refractivity contribution in [2.45, 2.75) is 55.9 Å². The summed E-state index contributed by atoms with van der Waals surface area (Å²) in [4.78, 5) is 12.8. The molecular formula is C19H28ClN3O4S. The molecule has 1 aromatic rings. The lowest BCUT2D eigenvalue weighted by Gasteiger charge is -2.35. The van der Waals surface area contributed by atoms with Crippen LogP contribution in [0, 0.1) is 0 Å². The van der Waals surface area contributed by atoms with Crippen LogP contribution in [0.25, 0.3) is 0 Å². The SMILES string of the molecule is CN(C)/C=N/S(=O)(=O)c1cc(C2(C)CCCCC2)cc(CNC(=O)CCl)c1O. The van der Waals surface area contributed by atoms with Crippen LogP contribution in [-0.2, 0) is 26.8 Å². The molecule has 0 unspecified atom stereocenters. The number of carbonyl (C=O) groups excluding carboxylic acids is 1. The first kappa shape index (κ1) is 22.5. The molecule has 0 bridgehead atoms. The number of phenolic OH excluding ortho intramolecular Hbond substituents is 1. The van der Waals surface area contributed by atoms with E-state index in [9.17, 15) is 18.3 Å². The number of phenols is 1. The Morgan fingerprint density at radius 2 is 1.96 bits per heavy atom. The third-order valence-electron chi connectivity index (χ3n) is 5.10. The lowest BCUT2D eigenvalue weighted by Crippen LogP contribution is -2.27. The Bertz CT molecular complexity index is 847. The van der Waals surface area contributed by atoms with Gasteiger partial charge in [-0.3, -0.25) is 4.79 Å². The van der Waals surface area contributed by atoms with Crippen LogP contribution in [0.5, 0.6) is 5.75 Å². The number of nitrogens with one attached hydrogen (secondary N) is 1. The predicted octanol–water partition coefficient (Wildman–Crippen LogP) is 2.75. The fraction of sp³-hybridized carbons (Fsp3) is 0.579. The molecule has 2 rings (SSSR count). The smallest absolute Gasteiger partial charge is 0.287 e. The van der Waals surface area contributed by atoms with E-state index in [2.05, 4.69) is 16.6 Å². The van der Waals surface area contributed by atoms with Gasteiger partial charge < -0.3 is 15.3 Å². The summed E-state index contributed by atoms with van der Waals surface area (Å²) >= 11 is 5.51. The summed E-state index contributed by atoms with van der Waals surface area (Å²) in [6.07, 6.45) is 6.34. The van der Waals surface area contributed by atoms with E-state index in [-0.39, 0.29) is 22.7 Å². The van der Waals surface area contributed by atoms with Crippen LogP contribution in [0.2, 0.25) is 0 Å². The Kier molecular flexibility index (Phi) is 7.33. The number of carbonyl (C=O) groups is 1. The number of nitrogens with zero attached hydrogens (tertiary/aromatic N) is 2. The molecule has 7 nitrogen and oxygen atoms in total. The quantitative estimate of drug-likeness (QED) is 0.394. The molecular weight excluding hydrogens is 402 g/mol. The third-order valence-corrected chi connectivity index (χ3v) is 6.58. The Morgan fingerprint density at radius 1 is 1.32 bits per heavy atom. The summed E-state index contributed by atoms with van der Waals surface area (Å²) < 4.78 is 29.2. The first-order chi connectivity index (χ1) is 13.1. The molecule has 0 aromatic heterocycles. The van der Waals surface area contributed by atoms with Gasteiger partial charge in [0.2, 0.25) is 5.91 Å². The van der Waals surface area contributed by atoms with Crippen LogP contribution in [0.4, 0.5) is 0 Å². The minimum Gasteiger partial charge on any atom is -0.506 e. The van der Waals surface area contributed by atoms with E-state index in [1.54, 1.807) is 20.2 Å². The van der Waals surface area contributed by atoms with Gasteiger partial charge in [-0.15, -0.1) is 16.0 Å². The fourth-order valence-corrected chi connectivity index (χ4v) is 4.59. The van der Waals surface area contributed by atoms with Crippen LogP contribution in [0.1, 0.15) is 50.2 Å². The molecule has 0 heterocycles. The monoisotopic (exact) mass is 429 g/mol. The summed E-state index contributed by atoms with van der Waals surface area (Å²) in [5.74, 6) is -1.00. The van der Waals surface area contributed by atoms with Crippen molar-refractivity contribution >= 4 is 33.9 Å². The van der Waals surface area contributed by atoms with Crippen molar-refractivity contribution in [1.82, 2.24) is 10.2 Å². The fourth-order valence-electron chi connectivity index (χ4n) is 3.42. The summed E-state index contributed by atoms with van der Waals surface area (Å²) in [6.45, 7) is 2.10. The average molecular weight is 430 g/mol. The Morgan fingerprint density at radius 3 is 2.54 bits per heavy atom. The summed E-state index contributed by atoms with van der Waals surface area (Å²) in [5, 5.41) is 13.2. The van der Waals surface area contributed by atoms with E-state index in [1.807, 2.05) is 0 Å². The van der Waals surface area contributed by atoms with Gasteiger partial charge in [-0.2, -0.15) is 8.42 Å². The number of sulfonamides is 1. The van der Waals surface area contributed by atoms with Crippen molar-refractivity contribution in [3.05, 3.63) is 23.3 Å². The molecule has 156 valence electrons. The highest BCUT2D eigenvalue weighted by atomic mass is 35.5. The maximum Gasteiger partial charge on any atom is 0.287 e. The molecule has 1 aromatic carbocycles. The molecule has 0 saturated heterocycles. The number of benzene rings is 1. The molecule has 1 amide bonds. The number of amides is 1.